The highest BCUT2D eigenvalue weighted by Gasteiger charge is 2.17. The molecule has 124 valence electrons. The molecule has 0 amide bonds. The Morgan fingerprint density at radius 2 is 2.13 bits per heavy atom. The van der Waals surface area contributed by atoms with Gasteiger partial charge in [-0.05, 0) is 50.6 Å². The number of aromatic nitrogens is 2. The average molecular weight is 315 g/mol. The molecule has 1 aliphatic heterocycles. The van der Waals surface area contributed by atoms with Crippen LogP contribution in [0.2, 0.25) is 0 Å². The summed E-state index contributed by atoms with van der Waals surface area (Å²) >= 11 is 0. The zero-order valence-corrected chi connectivity index (χ0v) is 13.9. The van der Waals surface area contributed by atoms with Crippen molar-refractivity contribution in [3.05, 3.63) is 42.5 Å². The van der Waals surface area contributed by atoms with E-state index in [2.05, 4.69) is 21.5 Å². The van der Waals surface area contributed by atoms with Crippen LogP contribution in [0.1, 0.15) is 25.1 Å². The van der Waals surface area contributed by atoms with Crippen molar-refractivity contribution in [2.24, 2.45) is 0 Å². The van der Waals surface area contributed by atoms with Crippen LogP contribution in [0.5, 0.6) is 5.75 Å². The fourth-order valence-electron chi connectivity index (χ4n) is 3.03. The van der Waals surface area contributed by atoms with Crippen molar-refractivity contribution >= 4 is 0 Å². The molecule has 0 unspecified atom stereocenters. The molecular formula is C18H25N3O2. The van der Waals surface area contributed by atoms with Crippen molar-refractivity contribution in [2.45, 2.75) is 31.9 Å². The van der Waals surface area contributed by atoms with E-state index < -0.39 is 0 Å². The van der Waals surface area contributed by atoms with Crippen LogP contribution in [0.25, 0.3) is 5.69 Å². The van der Waals surface area contributed by atoms with Gasteiger partial charge >= 0.3 is 0 Å². The maximum atomic E-state index is 5.83. The molecule has 2 heterocycles. The Labute approximate surface area is 137 Å². The molecule has 23 heavy (non-hydrogen) atoms. The first-order valence-electron chi connectivity index (χ1n) is 8.23. The van der Waals surface area contributed by atoms with Crippen LogP contribution in [0.4, 0.5) is 0 Å². The minimum Gasteiger partial charge on any atom is -0.497 e. The van der Waals surface area contributed by atoms with Crippen molar-refractivity contribution < 1.29 is 9.47 Å². The second-order valence-corrected chi connectivity index (χ2v) is 6.10. The van der Waals surface area contributed by atoms with Crippen molar-refractivity contribution in [1.29, 1.82) is 0 Å². The van der Waals surface area contributed by atoms with E-state index in [4.69, 9.17) is 9.47 Å². The number of benzene rings is 1. The molecule has 5 nitrogen and oxygen atoms in total. The third-order valence-corrected chi connectivity index (χ3v) is 4.27. The fraction of sp³-hybridized carbons (Fsp3) is 0.500. The summed E-state index contributed by atoms with van der Waals surface area (Å²) in [4.78, 5) is 6.81. The number of hydrogen-bond donors (Lipinski definition) is 0. The number of imidazole rings is 1. The van der Waals surface area contributed by atoms with Gasteiger partial charge in [0.1, 0.15) is 11.6 Å². The molecule has 0 aliphatic carbocycles. The number of rotatable bonds is 6. The van der Waals surface area contributed by atoms with Gasteiger partial charge in [0.05, 0.1) is 19.8 Å². The van der Waals surface area contributed by atoms with Gasteiger partial charge in [0.25, 0.3) is 0 Å². The zero-order chi connectivity index (χ0) is 16.1. The molecule has 2 aromatic rings. The van der Waals surface area contributed by atoms with Crippen molar-refractivity contribution in [2.75, 3.05) is 27.3 Å². The van der Waals surface area contributed by atoms with Crippen LogP contribution in [0.15, 0.2) is 36.7 Å². The van der Waals surface area contributed by atoms with Crippen molar-refractivity contribution in [3.63, 3.8) is 0 Å². The zero-order valence-electron chi connectivity index (χ0n) is 13.9. The lowest BCUT2D eigenvalue weighted by Crippen LogP contribution is -2.33. The topological polar surface area (TPSA) is 39.5 Å². The SMILES string of the molecule is COc1ccc(-n2ccnc2CN(C)C[C@H]2CCCCO2)cc1. The lowest BCUT2D eigenvalue weighted by Gasteiger charge is -2.27. The van der Waals surface area contributed by atoms with Gasteiger partial charge < -0.3 is 14.0 Å². The first-order valence-corrected chi connectivity index (χ1v) is 8.23. The maximum absolute atomic E-state index is 5.83. The Morgan fingerprint density at radius 3 is 2.83 bits per heavy atom. The Morgan fingerprint density at radius 1 is 1.30 bits per heavy atom. The molecule has 1 aliphatic rings. The van der Waals surface area contributed by atoms with Crippen LogP contribution in [-0.4, -0.2) is 47.9 Å². The summed E-state index contributed by atoms with van der Waals surface area (Å²) in [5.74, 6) is 1.90. The standard InChI is InChI=1S/C18H25N3O2/c1-20(13-17-5-3-4-12-23-17)14-18-19-10-11-21(18)15-6-8-16(22-2)9-7-15/h6-11,17H,3-5,12-14H2,1-2H3/t17-/m1/s1. The van der Waals surface area contributed by atoms with Gasteiger partial charge in [-0.25, -0.2) is 4.98 Å². The summed E-state index contributed by atoms with van der Waals surface area (Å²) in [6, 6.07) is 8.04. The first-order chi connectivity index (χ1) is 11.3. The van der Waals surface area contributed by atoms with E-state index in [0.717, 1.165) is 43.4 Å². The molecule has 3 rings (SSSR count). The molecule has 1 aromatic heterocycles. The fourth-order valence-corrected chi connectivity index (χ4v) is 3.03. The average Bonchev–Trinajstić information content (AvgIpc) is 3.03. The largest absolute Gasteiger partial charge is 0.497 e. The van der Waals surface area contributed by atoms with Gasteiger partial charge in [0.2, 0.25) is 0 Å². The normalized spacial score (nSPS) is 18.3. The van der Waals surface area contributed by atoms with Gasteiger partial charge in [0.15, 0.2) is 0 Å². The number of ether oxygens (including phenoxy) is 2. The minimum absolute atomic E-state index is 0.359. The Kier molecular flexibility index (Phi) is 5.31. The number of likely N-dealkylation sites (N-methyl/N-ethyl adjacent to an activating group) is 1. The highest BCUT2D eigenvalue weighted by Crippen LogP contribution is 2.18. The minimum atomic E-state index is 0.359. The van der Waals surface area contributed by atoms with E-state index >= 15 is 0 Å². The predicted molar refractivity (Wildman–Crippen MR) is 90.0 cm³/mol. The quantitative estimate of drug-likeness (QED) is 0.822. The second kappa shape index (κ2) is 7.62. The van der Waals surface area contributed by atoms with Crippen LogP contribution < -0.4 is 4.74 Å². The van der Waals surface area contributed by atoms with E-state index in [1.165, 1.54) is 12.8 Å². The van der Waals surface area contributed by atoms with E-state index in [-0.39, 0.29) is 0 Å². The molecule has 0 N–H and O–H groups in total. The summed E-state index contributed by atoms with van der Waals surface area (Å²) in [6.07, 6.45) is 7.85. The number of hydrogen-bond acceptors (Lipinski definition) is 4. The molecule has 5 heteroatoms. The van der Waals surface area contributed by atoms with Gasteiger partial charge in [-0.15, -0.1) is 0 Å². The smallest absolute Gasteiger partial charge is 0.127 e. The van der Waals surface area contributed by atoms with Crippen LogP contribution in [0, 0.1) is 0 Å². The van der Waals surface area contributed by atoms with E-state index in [1.807, 2.05) is 36.7 Å². The lowest BCUT2D eigenvalue weighted by molar-refractivity contribution is -0.00296. The van der Waals surface area contributed by atoms with Crippen LogP contribution >= 0.6 is 0 Å². The van der Waals surface area contributed by atoms with Crippen LogP contribution in [0.3, 0.4) is 0 Å². The lowest BCUT2D eigenvalue weighted by atomic mass is 10.1. The monoisotopic (exact) mass is 315 g/mol. The van der Waals surface area contributed by atoms with E-state index in [9.17, 15) is 0 Å². The Hall–Kier alpha value is -1.85. The molecule has 0 spiro atoms. The van der Waals surface area contributed by atoms with E-state index in [1.54, 1.807) is 7.11 Å². The summed E-state index contributed by atoms with van der Waals surface area (Å²) in [5, 5.41) is 0. The third kappa shape index (κ3) is 4.12. The third-order valence-electron chi connectivity index (χ3n) is 4.27. The van der Waals surface area contributed by atoms with Crippen molar-refractivity contribution in [3.8, 4) is 11.4 Å². The molecule has 0 bridgehead atoms. The number of nitrogens with zero attached hydrogens (tertiary/aromatic N) is 3. The van der Waals surface area contributed by atoms with Gasteiger partial charge in [-0.1, -0.05) is 0 Å². The van der Waals surface area contributed by atoms with Gasteiger partial charge in [-0.3, -0.25) is 4.90 Å². The summed E-state index contributed by atoms with van der Waals surface area (Å²) in [5.41, 5.74) is 1.10. The second-order valence-electron chi connectivity index (χ2n) is 6.10. The first kappa shape index (κ1) is 16.0. The van der Waals surface area contributed by atoms with Gasteiger partial charge in [-0.2, -0.15) is 0 Å². The molecule has 1 atom stereocenters. The van der Waals surface area contributed by atoms with Crippen LogP contribution in [-0.2, 0) is 11.3 Å². The predicted octanol–water partition coefficient (Wildman–Crippen LogP) is 2.88. The molecule has 0 radical (unpaired) electrons. The maximum Gasteiger partial charge on any atom is 0.127 e. The highest BCUT2D eigenvalue weighted by atomic mass is 16.5. The summed E-state index contributed by atoms with van der Waals surface area (Å²) < 4.78 is 13.2. The summed E-state index contributed by atoms with van der Waals surface area (Å²) in [7, 11) is 3.81. The Balaban J connectivity index is 1.65. The molecule has 1 saturated heterocycles. The Bertz CT molecular complexity index is 603. The molecular weight excluding hydrogens is 290 g/mol. The van der Waals surface area contributed by atoms with E-state index in [0.29, 0.717) is 6.10 Å². The molecule has 1 fully saturated rings. The summed E-state index contributed by atoms with van der Waals surface area (Å²) in [6.45, 7) is 2.66. The molecule has 0 saturated carbocycles. The number of methoxy groups -OCH3 is 1. The highest BCUT2D eigenvalue weighted by molar-refractivity contribution is 5.38. The van der Waals surface area contributed by atoms with Crippen molar-refractivity contribution in [1.82, 2.24) is 14.5 Å². The van der Waals surface area contributed by atoms with Gasteiger partial charge in [0, 0.05) is 31.2 Å². The molecule has 1 aromatic carbocycles.